The van der Waals surface area contributed by atoms with Crippen LogP contribution in [0.3, 0.4) is 0 Å². The van der Waals surface area contributed by atoms with Gasteiger partial charge in [0, 0.05) is 11.6 Å². The minimum atomic E-state index is -1.17. The maximum absolute atomic E-state index is 13.1. The molecule has 0 spiro atoms. The number of hydrogen-bond acceptors (Lipinski definition) is 6. The highest BCUT2D eigenvalue weighted by molar-refractivity contribution is 6.34. The molecule has 10 heteroatoms. The van der Waals surface area contributed by atoms with E-state index in [2.05, 4.69) is 5.16 Å². The standard InChI is InChI=1S/C17H9ClFN3O5/c18-11-6-5-10(7-12(11)22(25)26)21-16(23)13-14(20-27-15(13)17(21)24)8-1-3-9(19)4-2-8/h1-7,13,15H. The van der Waals surface area contributed by atoms with Crippen molar-refractivity contribution in [3.63, 3.8) is 0 Å². The van der Waals surface area contributed by atoms with Gasteiger partial charge in [-0.25, -0.2) is 9.29 Å². The molecule has 0 N–H and O–H groups in total. The summed E-state index contributed by atoms with van der Waals surface area (Å²) < 4.78 is 13.1. The number of hydrogen-bond donors (Lipinski definition) is 0. The molecule has 2 aliphatic heterocycles. The Hall–Kier alpha value is -3.33. The highest BCUT2D eigenvalue weighted by atomic mass is 35.5. The van der Waals surface area contributed by atoms with Gasteiger partial charge < -0.3 is 4.84 Å². The van der Waals surface area contributed by atoms with Gasteiger partial charge in [-0.3, -0.25) is 19.7 Å². The Kier molecular flexibility index (Phi) is 3.88. The first-order chi connectivity index (χ1) is 12.9. The van der Waals surface area contributed by atoms with E-state index in [1.165, 1.54) is 36.4 Å². The summed E-state index contributed by atoms with van der Waals surface area (Å²) in [7, 11) is 0. The van der Waals surface area contributed by atoms with E-state index in [0.717, 1.165) is 11.0 Å². The van der Waals surface area contributed by atoms with E-state index in [1.54, 1.807) is 0 Å². The molecule has 0 bridgehead atoms. The summed E-state index contributed by atoms with van der Waals surface area (Å²) in [6, 6.07) is 8.87. The Labute approximate surface area is 155 Å². The number of halogens is 2. The molecule has 136 valence electrons. The average Bonchev–Trinajstić information content (AvgIpc) is 3.17. The number of anilines is 1. The zero-order valence-electron chi connectivity index (χ0n) is 13.3. The Morgan fingerprint density at radius 1 is 1.15 bits per heavy atom. The largest absolute Gasteiger partial charge is 0.381 e. The average molecular weight is 390 g/mol. The van der Waals surface area contributed by atoms with Gasteiger partial charge >= 0.3 is 0 Å². The van der Waals surface area contributed by atoms with E-state index in [9.17, 15) is 24.1 Å². The summed E-state index contributed by atoms with van der Waals surface area (Å²) >= 11 is 5.78. The number of oxime groups is 1. The summed E-state index contributed by atoms with van der Waals surface area (Å²) in [5.41, 5.74) is 0.219. The Morgan fingerprint density at radius 2 is 1.85 bits per heavy atom. The highest BCUT2D eigenvalue weighted by Gasteiger charge is 2.56. The third-order valence-electron chi connectivity index (χ3n) is 4.34. The van der Waals surface area contributed by atoms with Crippen molar-refractivity contribution in [2.45, 2.75) is 6.10 Å². The van der Waals surface area contributed by atoms with Crippen LogP contribution in [0.5, 0.6) is 0 Å². The molecule has 0 saturated carbocycles. The lowest BCUT2D eigenvalue weighted by Crippen LogP contribution is -2.33. The molecule has 0 aromatic heterocycles. The molecule has 2 aromatic carbocycles. The number of amides is 2. The van der Waals surface area contributed by atoms with Gasteiger partial charge in [-0.2, -0.15) is 0 Å². The van der Waals surface area contributed by atoms with Crippen LogP contribution in [0.2, 0.25) is 5.02 Å². The smallest absolute Gasteiger partial charge is 0.289 e. The molecule has 2 aromatic rings. The fraction of sp³-hybridized carbons (Fsp3) is 0.118. The van der Waals surface area contributed by atoms with Crippen molar-refractivity contribution in [1.82, 2.24) is 0 Å². The van der Waals surface area contributed by atoms with Crippen LogP contribution >= 0.6 is 11.6 Å². The fourth-order valence-corrected chi connectivity index (χ4v) is 3.26. The third kappa shape index (κ3) is 2.63. The molecule has 2 unspecified atom stereocenters. The van der Waals surface area contributed by atoms with Gasteiger partial charge in [-0.05, 0) is 24.3 Å². The van der Waals surface area contributed by atoms with Gasteiger partial charge in [-0.15, -0.1) is 0 Å². The third-order valence-corrected chi connectivity index (χ3v) is 4.66. The Balaban J connectivity index is 1.71. The number of nitro groups is 1. The van der Waals surface area contributed by atoms with E-state index in [-0.39, 0.29) is 16.4 Å². The molecule has 8 nitrogen and oxygen atoms in total. The predicted octanol–water partition coefficient (Wildman–Crippen LogP) is 2.68. The summed E-state index contributed by atoms with van der Waals surface area (Å²) in [6.07, 6.45) is -1.17. The molecule has 1 fully saturated rings. The molecular weight excluding hydrogens is 381 g/mol. The quantitative estimate of drug-likeness (QED) is 0.456. The molecule has 2 aliphatic rings. The van der Waals surface area contributed by atoms with Crippen LogP contribution in [0, 0.1) is 21.8 Å². The molecular formula is C17H9ClFN3O5. The Morgan fingerprint density at radius 3 is 2.52 bits per heavy atom. The molecule has 4 rings (SSSR count). The van der Waals surface area contributed by atoms with Crippen molar-refractivity contribution in [2.75, 3.05) is 4.90 Å². The van der Waals surface area contributed by atoms with Crippen molar-refractivity contribution >= 4 is 40.5 Å². The van der Waals surface area contributed by atoms with E-state index in [4.69, 9.17) is 16.4 Å². The van der Waals surface area contributed by atoms with Gasteiger partial charge in [0.05, 0.1) is 10.6 Å². The normalized spacial score (nSPS) is 21.1. The maximum Gasteiger partial charge on any atom is 0.289 e. The van der Waals surface area contributed by atoms with Crippen LogP contribution in [0.25, 0.3) is 0 Å². The first-order valence-corrected chi connectivity index (χ1v) is 8.07. The molecule has 0 aliphatic carbocycles. The van der Waals surface area contributed by atoms with Crippen LogP contribution in [-0.2, 0) is 14.4 Å². The number of fused-ring (bicyclic) bond motifs is 1. The minimum absolute atomic E-state index is 0.0116. The minimum Gasteiger partial charge on any atom is -0.381 e. The zero-order valence-corrected chi connectivity index (χ0v) is 14.1. The number of rotatable bonds is 3. The van der Waals surface area contributed by atoms with Crippen molar-refractivity contribution in [1.29, 1.82) is 0 Å². The van der Waals surface area contributed by atoms with Crippen molar-refractivity contribution in [2.24, 2.45) is 11.1 Å². The van der Waals surface area contributed by atoms with E-state index in [0.29, 0.717) is 5.56 Å². The van der Waals surface area contributed by atoms with Crippen LogP contribution in [-0.4, -0.2) is 28.6 Å². The summed E-state index contributed by atoms with van der Waals surface area (Å²) in [5, 5.41) is 14.8. The number of nitrogens with zero attached hydrogens (tertiary/aromatic N) is 3. The Bertz CT molecular complexity index is 1020. The lowest BCUT2D eigenvalue weighted by Gasteiger charge is -2.15. The van der Waals surface area contributed by atoms with Crippen LogP contribution < -0.4 is 4.90 Å². The lowest BCUT2D eigenvalue weighted by molar-refractivity contribution is -0.384. The monoisotopic (exact) mass is 389 g/mol. The number of nitro benzene ring substituents is 1. The van der Waals surface area contributed by atoms with Gasteiger partial charge in [0.15, 0.2) is 0 Å². The molecule has 0 radical (unpaired) electrons. The van der Waals surface area contributed by atoms with E-state index in [1.807, 2.05) is 0 Å². The SMILES string of the molecule is O=C1C2ON=C(c3ccc(F)cc3)C2C(=O)N1c1ccc(Cl)c([N+](=O)[O-])c1. The summed E-state index contributed by atoms with van der Waals surface area (Å²) in [6.45, 7) is 0. The second-order valence-corrected chi connectivity index (χ2v) is 6.30. The molecule has 1 saturated heterocycles. The summed E-state index contributed by atoms with van der Waals surface area (Å²) in [5.74, 6) is -2.80. The highest BCUT2D eigenvalue weighted by Crippen LogP contribution is 2.37. The molecule has 27 heavy (non-hydrogen) atoms. The fourth-order valence-electron chi connectivity index (χ4n) is 3.07. The van der Waals surface area contributed by atoms with Crippen LogP contribution in [0.1, 0.15) is 5.56 Å². The van der Waals surface area contributed by atoms with E-state index < -0.39 is 40.3 Å². The van der Waals surface area contributed by atoms with Crippen molar-refractivity contribution < 1.29 is 23.7 Å². The number of carbonyl (C=O) groups is 2. The van der Waals surface area contributed by atoms with Gasteiger partial charge in [-0.1, -0.05) is 28.9 Å². The first kappa shape index (κ1) is 17.1. The number of benzene rings is 2. The van der Waals surface area contributed by atoms with Gasteiger partial charge in [0.25, 0.3) is 11.6 Å². The topological polar surface area (TPSA) is 102 Å². The van der Waals surface area contributed by atoms with Crippen LogP contribution in [0.15, 0.2) is 47.6 Å². The molecule has 2 atom stereocenters. The second kappa shape index (κ2) is 6.13. The van der Waals surface area contributed by atoms with E-state index >= 15 is 0 Å². The van der Waals surface area contributed by atoms with Gasteiger partial charge in [0.2, 0.25) is 12.0 Å². The number of imide groups is 1. The van der Waals surface area contributed by atoms with Crippen molar-refractivity contribution in [3.05, 3.63) is 69.0 Å². The van der Waals surface area contributed by atoms with Gasteiger partial charge in [0.1, 0.15) is 22.5 Å². The van der Waals surface area contributed by atoms with Crippen LogP contribution in [0.4, 0.5) is 15.8 Å². The second-order valence-electron chi connectivity index (χ2n) is 5.89. The molecule has 2 amide bonds. The lowest BCUT2D eigenvalue weighted by atomic mass is 9.94. The van der Waals surface area contributed by atoms with Crippen molar-refractivity contribution in [3.8, 4) is 0 Å². The molecule has 2 heterocycles. The zero-order chi connectivity index (χ0) is 19.3. The number of carbonyl (C=O) groups excluding carboxylic acids is 2. The maximum atomic E-state index is 13.1. The first-order valence-electron chi connectivity index (χ1n) is 7.70. The summed E-state index contributed by atoms with van der Waals surface area (Å²) in [4.78, 5) is 41.8. The predicted molar refractivity (Wildman–Crippen MR) is 91.9 cm³/mol.